The Morgan fingerprint density at radius 1 is 1.06 bits per heavy atom. The molecule has 2 N–H and O–H groups in total. The molecule has 0 saturated heterocycles. The molecule has 2 aromatic carbocycles. The molecule has 0 bridgehead atoms. The van der Waals surface area contributed by atoms with Crippen molar-refractivity contribution in [3.05, 3.63) is 72.3 Å². The summed E-state index contributed by atoms with van der Waals surface area (Å²) < 4.78 is 4.08. The lowest BCUT2D eigenvalue weighted by atomic mass is 9.80. The van der Waals surface area contributed by atoms with Crippen LogP contribution in [0, 0.1) is 0 Å². The molecule has 0 spiro atoms. The van der Waals surface area contributed by atoms with E-state index >= 15 is 0 Å². The summed E-state index contributed by atoms with van der Waals surface area (Å²) in [5.74, 6) is 0.926. The number of nitrogens with zero attached hydrogens (tertiary/aromatic N) is 5. The summed E-state index contributed by atoms with van der Waals surface area (Å²) in [4.78, 5) is 3.39. The Morgan fingerprint density at radius 2 is 1.94 bits per heavy atom. The van der Waals surface area contributed by atoms with Gasteiger partial charge >= 0.3 is 0 Å². The minimum absolute atomic E-state index is 0.211. The summed E-state index contributed by atoms with van der Waals surface area (Å²) in [7, 11) is 2.07. The average Bonchev–Trinajstić information content (AvgIpc) is 3.59. The highest BCUT2D eigenvalue weighted by Crippen LogP contribution is 2.37. The number of aryl methyl sites for hydroxylation is 1. The lowest BCUT2D eigenvalue weighted by molar-refractivity contribution is 0.217. The van der Waals surface area contributed by atoms with E-state index in [9.17, 15) is 0 Å². The maximum absolute atomic E-state index is 4.57. The van der Waals surface area contributed by atoms with E-state index in [0.29, 0.717) is 0 Å². The molecule has 33 heavy (non-hydrogen) atoms. The molecule has 1 aliphatic rings. The topological polar surface area (TPSA) is 76.3 Å². The van der Waals surface area contributed by atoms with Crippen LogP contribution in [0.15, 0.2) is 60.9 Å². The van der Waals surface area contributed by atoms with Gasteiger partial charge in [-0.2, -0.15) is 4.68 Å². The normalized spacial score (nSPS) is 16.0. The van der Waals surface area contributed by atoms with Crippen LogP contribution in [0.4, 0.5) is 0 Å². The fourth-order valence-corrected chi connectivity index (χ4v) is 5.45. The van der Waals surface area contributed by atoms with E-state index in [0.717, 1.165) is 37.3 Å². The Morgan fingerprint density at radius 3 is 2.85 bits per heavy atom. The van der Waals surface area contributed by atoms with E-state index in [4.69, 9.17) is 0 Å². The summed E-state index contributed by atoms with van der Waals surface area (Å²) in [5, 5.41) is 19.6. The molecule has 7 heteroatoms. The van der Waals surface area contributed by atoms with Gasteiger partial charge in [0, 0.05) is 42.4 Å². The molecule has 1 saturated carbocycles. The molecule has 168 valence electrons. The molecule has 0 radical (unpaired) electrons. The fourth-order valence-electron chi connectivity index (χ4n) is 5.45. The standard InChI is InChI=1S/C26H29N7/c1-32-16-12-19-9-10-21(17-24(19)32)33-25(29-30-31-33)26(13-5-2-6-14-26)28-15-11-20-18-27-23-8-4-3-7-22(20)23/h3-4,7-10,12,16-18,27-28H,2,5-6,11,13-15H2,1H3. The zero-order valence-corrected chi connectivity index (χ0v) is 19.0. The van der Waals surface area contributed by atoms with Gasteiger partial charge in [0.05, 0.1) is 11.2 Å². The molecule has 7 nitrogen and oxygen atoms in total. The van der Waals surface area contributed by atoms with E-state index in [1.54, 1.807) is 0 Å². The second kappa shape index (κ2) is 8.15. The van der Waals surface area contributed by atoms with Crippen LogP contribution in [0.3, 0.4) is 0 Å². The summed E-state index contributed by atoms with van der Waals surface area (Å²) in [6, 6.07) is 17.1. The van der Waals surface area contributed by atoms with Crippen molar-refractivity contribution in [1.29, 1.82) is 0 Å². The Bertz CT molecular complexity index is 1400. The first kappa shape index (κ1) is 20.2. The number of nitrogens with one attached hydrogen (secondary N) is 2. The van der Waals surface area contributed by atoms with Crippen molar-refractivity contribution >= 4 is 21.8 Å². The van der Waals surface area contributed by atoms with E-state index in [2.05, 4.69) is 98.4 Å². The van der Waals surface area contributed by atoms with Crippen LogP contribution < -0.4 is 5.32 Å². The Labute approximate surface area is 192 Å². The van der Waals surface area contributed by atoms with Crippen molar-refractivity contribution in [1.82, 2.24) is 35.1 Å². The largest absolute Gasteiger partial charge is 0.361 e. The maximum atomic E-state index is 4.57. The van der Waals surface area contributed by atoms with Crippen LogP contribution in [0.25, 0.3) is 27.5 Å². The smallest absolute Gasteiger partial charge is 0.176 e. The zero-order valence-electron chi connectivity index (χ0n) is 19.0. The van der Waals surface area contributed by atoms with E-state index in [-0.39, 0.29) is 5.54 Å². The van der Waals surface area contributed by atoms with Gasteiger partial charge in [0.2, 0.25) is 0 Å². The Hall–Kier alpha value is -3.45. The predicted molar refractivity (Wildman–Crippen MR) is 130 cm³/mol. The number of aromatic nitrogens is 6. The number of para-hydroxylation sites is 1. The van der Waals surface area contributed by atoms with Gasteiger partial charge in [-0.1, -0.05) is 43.5 Å². The number of H-pyrrole nitrogens is 1. The first-order chi connectivity index (χ1) is 16.2. The summed E-state index contributed by atoms with van der Waals surface area (Å²) in [6.07, 6.45) is 10.9. The number of hydrogen-bond acceptors (Lipinski definition) is 4. The number of rotatable bonds is 6. The van der Waals surface area contributed by atoms with Crippen LogP contribution in [-0.2, 0) is 19.0 Å². The molecule has 1 fully saturated rings. The first-order valence-electron chi connectivity index (χ1n) is 11.9. The van der Waals surface area contributed by atoms with E-state index in [1.807, 2.05) is 4.68 Å². The van der Waals surface area contributed by atoms with Crippen LogP contribution in [0.5, 0.6) is 0 Å². The highest BCUT2D eigenvalue weighted by molar-refractivity contribution is 5.83. The first-order valence-corrected chi connectivity index (χ1v) is 11.9. The van der Waals surface area contributed by atoms with Gasteiger partial charge < -0.3 is 14.9 Å². The predicted octanol–water partition coefficient (Wildman–Crippen LogP) is 4.63. The van der Waals surface area contributed by atoms with Crippen LogP contribution in [-0.4, -0.2) is 36.3 Å². The maximum Gasteiger partial charge on any atom is 0.176 e. The Balaban J connectivity index is 1.31. The number of fused-ring (bicyclic) bond motifs is 2. The van der Waals surface area contributed by atoms with Gasteiger partial charge in [0.1, 0.15) is 0 Å². The Kier molecular flexibility index (Phi) is 4.99. The minimum Gasteiger partial charge on any atom is -0.361 e. The second-order valence-corrected chi connectivity index (χ2v) is 9.26. The highest BCUT2D eigenvalue weighted by Gasteiger charge is 2.38. The van der Waals surface area contributed by atoms with Crippen molar-refractivity contribution in [2.24, 2.45) is 7.05 Å². The van der Waals surface area contributed by atoms with Crippen molar-refractivity contribution in [3.63, 3.8) is 0 Å². The zero-order chi connectivity index (χ0) is 22.3. The molecule has 6 rings (SSSR count). The monoisotopic (exact) mass is 439 g/mol. The number of hydrogen-bond donors (Lipinski definition) is 2. The molecule has 0 unspecified atom stereocenters. The minimum atomic E-state index is -0.211. The number of tetrazole rings is 1. The van der Waals surface area contributed by atoms with Crippen molar-refractivity contribution in [2.75, 3.05) is 6.54 Å². The molecule has 0 atom stereocenters. The second-order valence-electron chi connectivity index (χ2n) is 9.26. The van der Waals surface area contributed by atoms with Gasteiger partial charge in [0.25, 0.3) is 0 Å². The highest BCUT2D eigenvalue weighted by atomic mass is 15.6. The van der Waals surface area contributed by atoms with Crippen LogP contribution in [0.1, 0.15) is 43.5 Å². The summed E-state index contributed by atoms with van der Waals surface area (Å²) >= 11 is 0. The van der Waals surface area contributed by atoms with Gasteiger partial charge in [0.15, 0.2) is 5.82 Å². The lowest BCUT2D eigenvalue weighted by Gasteiger charge is -2.37. The van der Waals surface area contributed by atoms with Gasteiger partial charge in [-0.25, -0.2) is 0 Å². The molecule has 0 amide bonds. The van der Waals surface area contributed by atoms with Crippen LogP contribution in [0.2, 0.25) is 0 Å². The third-order valence-electron chi connectivity index (χ3n) is 7.25. The van der Waals surface area contributed by atoms with Gasteiger partial charge in [-0.05, 0) is 64.9 Å². The average molecular weight is 440 g/mol. The van der Waals surface area contributed by atoms with Crippen LogP contribution >= 0.6 is 0 Å². The fraction of sp³-hybridized carbons (Fsp3) is 0.346. The molecule has 1 aliphatic carbocycles. The molecular weight excluding hydrogens is 410 g/mol. The van der Waals surface area contributed by atoms with Crippen molar-refractivity contribution in [3.8, 4) is 5.69 Å². The summed E-state index contributed by atoms with van der Waals surface area (Å²) in [5.41, 5.74) is 4.51. The van der Waals surface area contributed by atoms with Crippen molar-refractivity contribution < 1.29 is 0 Å². The molecule has 3 aromatic heterocycles. The third kappa shape index (κ3) is 3.53. The molecule has 0 aliphatic heterocycles. The quantitative estimate of drug-likeness (QED) is 0.405. The molecule has 5 aromatic rings. The van der Waals surface area contributed by atoms with Gasteiger partial charge in [-0.15, -0.1) is 5.10 Å². The van der Waals surface area contributed by atoms with E-state index in [1.165, 1.54) is 46.6 Å². The van der Waals surface area contributed by atoms with Crippen molar-refractivity contribution in [2.45, 2.75) is 44.1 Å². The SMILES string of the molecule is Cn1ccc2ccc(-n3nnnc3C3(NCCc4c[nH]c5ccccc45)CCCCC3)cc21. The number of aromatic amines is 1. The third-order valence-corrected chi connectivity index (χ3v) is 7.25. The molecular formula is C26H29N7. The molecule has 3 heterocycles. The van der Waals surface area contributed by atoms with Gasteiger partial charge in [-0.3, -0.25) is 0 Å². The number of benzene rings is 2. The lowest BCUT2D eigenvalue weighted by Crippen LogP contribution is -2.47. The summed E-state index contributed by atoms with van der Waals surface area (Å²) in [6.45, 7) is 0.881. The van der Waals surface area contributed by atoms with E-state index < -0.39 is 0 Å².